The molecular formula is C15H20N4O2. The van der Waals surface area contributed by atoms with Crippen molar-refractivity contribution in [2.75, 3.05) is 0 Å². The topological polar surface area (TPSA) is 59.7 Å². The number of nitrogens with zero attached hydrogens (tertiary/aromatic N) is 4. The predicted molar refractivity (Wildman–Crippen MR) is 77.9 cm³/mol. The summed E-state index contributed by atoms with van der Waals surface area (Å²) in [7, 11) is 0. The molecular weight excluding hydrogens is 268 g/mol. The minimum absolute atomic E-state index is 0.303. The SMILES string of the molecule is Cc1cn2nc3c(c2nc1C)CN(C(=O)OC(C)(C)C)C3. The molecule has 1 aliphatic rings. The number of rotatable bonds is 0. The van der Waals surface area contributed by atoms with Gasteiger partial charge in [-0.25, -0.2) is 14.3 Å². The van der Waals surface area contributed by atoms with Gasteiger partial charge in [-0.15, -0.1) is 0 Å². The summed E-state index contributed by atoms with van der Waals surface area (Å²) < 4.78 is 7.21. The van der Waals surface area contributed by atoms with Gasteiger partial charge in [0, 0.05) is 17.5 Å². The van der Waals surface area contributed by atoms with E-state index in [1.165, 1.54) is 0 Å². The molecule has 0 aromatic carbocycles. The van der Waals surface area contributed by atoms with E-state index in [1.807, 2.05) is 40.8 Å². The summed E-state index contributed by atoms with van der Waals surface area (Å²) in [5, 5.41) is 4.53. The summed E-state index contributed by atoms with van der Waals surface area (Å²) in [6.45, 7) is 10.6. The molecule has 21 heavy (non-hydrogen) atoms. The maximum atomic E-state index is 12.1. The summed E-state index contributed by atoms with van der Waals surface area (Å²) in [6.07, 6.45) is 1.68. The molecule has 0 radical (unpaired) electrons. The van der Waals surface area contributed by atoms with Crippen LogP contribution in [-0.4, -0.2) is 31.2 Å². The van der Waals surface area contributed by atoms with Crippen molar-refractivity contribution in [1.29, 1.82) is 0 Å². The highest BCUT2D eigenvalue weighted by Gasteiger charge is 2.31. The third-order valence-electron chi connectivity index (χ3n) is 3.57. The van der Waals surface area contributed by atoms with Gasteiger partial charge < -0.3 is 4.74 Å². The quantitative estimate of drug-likeness (QED) is 0.747. The van der Waals surface area contributed by atoms with Crippen molar-refractivity contribution in [3.8, 4) is 0 Å². The molecule has 0 fully saturated rings. The molecule has 0 atom stereocenters. The van der Waals surface area contributed by atoms with Crippen LogP contribution in [0.3, 0.4) is 0 Å². The molecule has 6 heteroatoms. The predicted octanol–water partition coefficient (Wildman–Crippen LogP) is 2.60. The number of carbonyl (C=O) groups is 1. The monoisotopic (exact) mass is 288 g/mol. The van der Waals surface area contributed by atoms with Gasteiger partial charge in [-0.05, 0) is 40.2 Å². The molecule has 2 aromatic heterocycles. The highest BCUT2D eigenvalue weighted by molar-refractivity contribution is 5.70. The summed E-state index contributed by atoms with van der Waals surface area (Å²) in [4.78, 5) is 18.4. The van der Waals surface area contributed by atoms with E-state index in [0.717, 1.165) is 28.2 Å². The van der Waals surface area contributed by atoms with E-state index in [9.17, 15) is 4.79 Å². The van der Waals surface area contributed by atoms with Crippen LogP contribution >= 0.6 is 0 Å². The Labute approximate surface area is 123 Å². The number of aromatic nitrogens is 3. The standard InChI is InChI=1S/C15H20N4O2/c1-9-6-19-13(16-10(9)2)11-7-18(8-12(11)17-19)14(20)21-15(3,4)5/h6H,7-8H2,1-5H3. The Hall–Kier alpha value is -2.11. The molecule has 3 heterocycles. The molecule has 2 aromatic rings. The molecule has 0 spiro atoms. The zero-order valence-electron chi connectivity index (χ0n) is 13.1. The fourth-order valence-electron chi connectivity index (χ4n) is 2.41. The summed E-state index contributed by atoms with van der Waals surface area (Å²) >= 11 is 0. The average molecular weight is 288 g/mol. The normalized spacial score (nSPS) is 14.6. The Kier molecular flexibility index (Phi) is 2.93. The van der Waals surface area contributed by atoms with E-state index in [1.54, 1.807) is 9.42 Å². The van der Waals surface area contributed by atoms with Gasteiger partial charge in [0.15, 0.2) is 5.65 Å². The van der Waals surface area contributed by atoms with E-state index in [4.69, 9.17) is 4.74 Å². The molecule has 0 N–H and O–H groups in total. The molecule has 3 rings (SSSR count). The van der Waals surface area contributed by atoms with Crippen molar-refractivity contribution >= 4 is 11.7 Å². The van der Waals surface area contributed by atoms with Gasteiger partial charge in [0.2, 0.25) is 0 Å². The lowest BCUT2D eigenvalue weighted by molar-refractivity contribution is 0.0240. The number of aryl methyl sites for hydroxylation is 2. The molecule has 1 amide bonds. The van der Waals surface area contributed by atoms with Gasteiger partial charge in [0.1, 0.15) is 5.60 Å². The smallest absolute Gasteiger partial charge is 0.410 e. The van der Waals surface area contributed by atoms with Crippen LogP contribution in [0.4, 0.5) is 4.79 Å². The Morgan fingerprint density at radius 3 is 2.67 bits per heavy atom. The highest BCUT2D eigenvalue weighted by Crippen LogP contribution is 2.27. The van der Waals surface area contributed by atoms with E-state index < -0.39 is 5.60 Å². The number of amides is 1. The first-order valence-electron chi connectivity index (χ1n) is 7.07. The molecule has 0 unspecified atom stereocenters. The van der Waals surface area contributed by atoms with Crippen molar-refractivity contribution in [2.45, 2.75) is 53.3 Å². The second-order valence-corrected chi connectivity index (χ2v) is 6.54. The molecule has 0 aliphatic carbocycles. The second-order valence-electron chi connectivity index (χ2n) is 6.54. The van der Waals surface area contributed by atoms with E-state index in [-0.39, 0.29) is 6.09 Å². The van der Waals surface area contributed by atoms with Crippen molar-refractivity contribution in [2.24, 2.45) is 0 Å². The number of hydrogen-bond donors (Lipinski definition) is 0. The molecule has 6 nitrogen and oxygen atoms in total. The molecule has 1 aliphatic heterocycles. The van der Waals surface area contributed by atoms with Crippen LogP contribution in [0.25, 0.3) is 5.65 Å². The first-order chi connectivity index (χ1) is 9.74. The summed E-state index contributed by atoms with van der Waals surface area (Å²) in [5.74, 6) is 0. The van der Waals surface area contributed by atoms with Crippen LogP contribution in [0.5, 0.6) is 0 Å². The van der Waals surface area contributed by atoms with Crippen LogP contribution in [0.1, 0.15) is 43.3 Å². The van der Waals surface area contributed by atoms with Gasteiger partial charge in [-0.1, -0.05) is 0 Å². The fraction of sp³-hybridized carbons (Fsp3) is 0.533. The Balaban J connectivity index is 1.88. The molecule has 0 bridgehead atoms. The van der Waals surface area contributed by atoms with E-state index in [2.05, 4.69) is 10.1 Å². The largest absolute Gasteiger partial charge is 0.444 e. The number of ether oxygens (including phenoxy) is 1. The molecule has 112 valence electrons. The van der Waals surface area contributed by atoms with Crippen molar-refractivity contribution in [3.63, 3.8) is 0 Å². The van der Waals surface area contributed by atoms with Crippen molar-refractivity contribution in [1.82, 2.24) is 19.5 Å². The number of carbonyl (C=O) groups excluding carboxylic acids is 1. The average Bonchev–Trinajstić information content (AvgIpc) is 2.86. The highest BCUT2D eigenvalue weighted by atomic mass is 16.6. The second kappa shape index (κ2) is 4.44. The summed E-state index contributed by atoms with van der Waals surface area (Å²) in [5.41, 5.74) is 4.36. The lowest BCUT2D eigenvalue weighted by atomic mass is 10.2. The van der Waals surface area contributed by atoms with Crippen LogP contribution in [0.15, 0.2) is 6.20 Å². The van der Waals surface area contributed by atoms with Gasteiger partial charge in [-0.3, -0.25) is 4.90 Å². The maximum absolute atomic E-state index is 12.1. The fourth-order valence-corrected chi connectivity index (χ4v) is 2.41. The zero-order chi connectivity index (χ0) is 15.4. The zero-order valence-corrected chi connectivity index (χ0v) is 13.1. The van der Waals surface area contributed by atoms with Gasteiger partial charge in [-0.2, -0.15) is 5.10 Å². The minimum Gasteiger partial charge on any atom is -0.444 e. The molecule has 0 saturated carbocycles. The Morgan fingerprint density at radius 2 is 2.00 bits per heavy atom. The first-order valence-corrected chi connectivity index (χ1v) is 7.07. The third kappa shape index (κ3) is 2.46. The van der Waals surface area contributed by atoms with E-state index >= 15 is 0 Å². The lowest BCUT2D eigenvalue weighted by Gasteiger charge is -2.24. The van der Waals surface area contributed by atoms with Crippen molar-refractivity contribution in [3.05, 3.63) is 28.7 Å². The van der Waals surface area contributed by atoms with Gasteiger partial charge in [0.05, 0.1) is 18.8 Å². The van der Waals surface area contributed by atoms with Crippen LogP contribution in [0.2, 0.25) is 0 Å². The Bertz CT molecular complexity index is 727. The molecule has 0 saturated heterocycles. The van der Waals surface area contributed by atoms with Gasteiger partial charge >= 0.3 is 6.09 Å². The van der Waals surface area contributed by atoms with Gasteiger partial charge in [0.25, 0.3) is 0 Å². The maximum Gasteiger partial charge on any atom is 0.410 e. The number of hydrogen-bond acceptors (Lipinski definition) is 4. The first kappa shape index (κ1) is 13.9. The van der Waals surface area contributed by atoms with Crippen LogP contribution in [-0.2, 0) is 17.8 Å². The van der Waals surface area contributed by atoms with Crippen LogP contribution in [0, 0.1) is 13.8 Å². The minimum atomic E-state index is -0.486. The summed E-state index contributed by atoms with van der Waals surface area (Å²) in [6, 6.07) is 0. The third-order valence-corrected chi connectivity index (χ3v) is 3.57. The van der Waals surface area contributed by atoms with E-state index in [0.29, 0.717) is 13.1 Å². The Morgan fingerprint density at radius 1 is 1.29 bits per heavy atom. The van der Waals surface area contributed by atoms with Crippen molar-refractivity contribution < 1.29 is 9.53 Å². The number of fused-ring (bicyclic) bond motifs is 3. The van der Waals surface area contributed by atoms with Crippen LogP contribution < -0.4 is 0 Å². The lowest BCUT2D eigenvalue weighted by Crippen LogP contribution is -2.33.